The largest absolute Gasteiger partial charge is 0.396 e. The Bertz CT molecular complexity index is 464. The molecule has 1 rings (SSSR count). The molecule has 1 aromatic rings. The molecule has 0 aliphatic carbocycles. The standard InChI is InChI=1S/C11H13FN2O4/c1-7(6-15)5-13-11(16)9-4-8(12)2-3-10(9)14(17)18/h2-4,7,15H,5-6H2,1H3,(H,13,16). The summed E-state index contributed by atoms with van der Waals surface area (Å²) in [6, 6.07) is 2.68. The average molecular weight is 256 g/mol. The number of amides is 1. The minimum Gasteiger partial charge on any atom is -0.396 e. The summed E-state index contributed by atoms with van der Waals surface area (Å²) in [5, 5.41) is 21.9. The summed E-state index contributed by atoms with van der Waals surface area (Å²) in [6.07, 6.45) is 0. The number of hydrogen-bond donors (Lipinski definition) is 2. The lowest BCUT2D eigenvalue weighted by molar-refractivity contribution is -0.385. The van der Waals surface area contributed by atoms with Crippen LogP contribution < -0.4 is 5.32 Å². The highest BCUT2D eigenvalue weighted by Crippen LogP contribution is 2.19. The Labute approximate surface area is 103 Å². The van der Waals surface area contributed by atoms with Gasteiger partial charge in [-0.2, -0.15) is 0 Å². The molecule has 1 unspecified atom stereocenters. The van der Waals surface area contributed by atoms with E-state index in [4.69, 9.17) is 5.11 Å². The number of benzene rings is 1. The predicted molar refractivity (Wildman–Crippen MR) is 61.6 cm³/mol. The molecule has 0 saturated carbocycles. The molecule has 0 aromatic heterocycles. The number of aliphatic hydroxyl groups excluding tert-OH is 1. The maximum Gasteiger partial charge on any atom is 0.282 e. The van der Waals surface area contributed by atoms with Gasteiger partial charge in [0.05, 0.1) is 4.92 Å². The number of nitrogens with one attached hydrogen (secondary N) is 1. The molecule has 1 aromatic carbocycles. The molecule has 18 heavy (non-hydrogen) atoms. The Morgan fingerprint density at radius 3 is 2.83 bits per heavy atom. The van der Waals surface area contributed by atoms with E-state index in [9.17, 15) is 19.3 Å². The van der Waals surface area contributed by atoms with Crippen molar-refractivity contribution in [2.75, 3.05) is 13.2 Å². The van der Waals surface area contributed by atoms with Crippen molar-refractivity contribution in [2.45, 2.75) is 6.92 Å². The van der Waals surface area contributed by atoms with Crippen LogP contribution in [0.25, 0.3) is 0 Å². The van der Waals surface area contributed by atoms with Gasteiger partial charge in [-0.3, -0.25) is 14.9 Å². The van der Waals surface area contributed by atoms with E-state index in [1.165, 1.54) is 0 Å². The molecular formula is C11H13FN2O4. The smallest absolute Gasteiger partial charge is 0.282 e. The van der Waals surface area contributed by atoms with E-state index >= 15 is 0 Å². The summed E-state index contributed by atoms with van der Waals surface area (Å²) >= 11 is 0. The summed E-state index contributed by atoms with van der Waals surface area (Å²) in [4.78, 5) is 21.6. The number of aliphatic hydroxyl groups is 1. The van der Waals surface area contributed by atoms with Crippen molar-refractivity contribution < 1.29 is 19.2 Å². The van der Waals surface area contributed by atoms with Crippen molar-refractivity contribution in [3.63, 3.8) is 0 Å². The highest BCUT2D eigenvalue weighted by Gasteiger charge is 2.20. The van der Waals surface area contributed by atoms with Crippen LogP contribution in [-0.2, 0) is 0 Å². The van der Waals surface area contributed by atoms with Crippen LogP contribution in [-0.4, -0.2) is 29.1 Å². The molecular weight excluding hydrogens is 243 g/mol. The van der Waals surface area contributed by atoms with E-state index < -0.39 is 22.3 Å². The number of nitrogens with zero attached hydrogens (tertiary/aromatic N) is 1. The van der Waals surface area contributed by atoms with Gasteiger partial charge in [0.2, 0.25) is 0 Å². The third-order valence-electron chi connectivity index (χ3n) is 2.32. The number of nitro benzene ring substituents is 1. The molecule has 6 nitrogen and oxygen atoms in total. The van der Waals surface area contributed by atoms with E-state index in [1.54, 1.807) is 6.92 Å². The van der Waals surface area contributed by atoms with Crippen LogP contribution in [0.1, 0.15) is 17.3 Å². The first-order valence-electron chi connectivity index (χ1n) is 5.28. The van der Waals surface area contributed by atoms with Crippen LogP contribution in [0.15, 0.2) is 18.2 Å². The fourth-order valence-electron chi connectivity index (χ4n) is 1.28. The van der Waals surface area contributed by atoms with Crippen LogP contribution in [0.2, 0.25) is 0 Å². The van der Waals surface area contributed by atoms with Crippen molar-refractivity contribution in [1.29, 1.82) is 0 Å². The molecule has 0 aliphatic heterocycles. The monoisotopic (exact) mass is 256 g/mol. The lowest BCUT2D eigenvalue weighted by Gasteiger charge is -2.09. The third kappa shape index (κ3) is 3.49. The van der Waals surface area contributed by atoms with Gasteiger partial charge in [0.1, 0.15) is 11.4 Å². The van der Waals surface area contributed by atoms with Gasteiger partial charge in [-0.05, 0) is 18.1 Å². The fraction of sp³-hybridized carbons (Fsp3) is 0.364. The number of hydrogen-bond acceptors (Lipinski definition) is 4. The van der Waals surface area contributed by atoms with Gasteiger partial charge in [-0.25, -0.2) is 4.39 Å². The quantitative estimate of drug-likeness (QED) is 0.609. The molecule has 0 heterocycles. The van der Waals surface area contributed by atoms with Crippen LogP contribution in [0, 0.1) is 21.8 Å². The molecule has 0 spiro atoms. The fourth-order valence-corrected chi connectivity index (χ4v) is 1.28. The Kier molecular flexibility index (Phi) is 4.73. The predicted octanol–water partition coefficient (Wildman–Crippen LogP) is 1.09. The summed E-state index contributed by atoms with van der Waals surface area (Å²) in [5.41, 5.74) is -0.782. The van der Waals surface area contributed by atoms with Crippen molar-refractivity contribution in [2.24, 2.45) is 5.92 Å². The van der Waals surface area contributed by atoms with E-state index in [2.05, 4.69) is 5.32 Å². The molecule has 0 fully saturated rings. The zero-order valence-electron chi connectivity index (χ0n) is 9.72. The van der Waals surface area contributed by atoms with Crippen molar-refractivity contribution in [3.05, 3.63) is 39.7 Å². The van der Waals surface area contributed by atoms with Crippen LogP contribution in [0.3, 0.4) is 0 Å². The summed E-state index contributed by atoms with van der Waals surface area (Å²) in [7, 11) is 0. The first-order chi connectivity index (χ1) is 8.45. The van der Waals surface area contributed by atoms with E-state index in [0.717, 1.165) is 18.2 Å². The average Bonchev–Trinajstić information content (AvgIpc) is 2.34. The SMILES string of the molecule is CC(CO)CNC(=O)c1cc(F)ccc1[N+](=O)[O-]. The first kappa shape index (κ1) is 14.0. The molecule has 7 heteroatoms. The topological polar surface area (TPSA) is 92.5 Å². The zero-order chi connectivity index (χ0) is 13.7. The maximum atomic E-state index is 13.0. The van der Waals surface area contributed by atoms with E-state index in [1.807, 2.05) is 0 Å². The van der Waals surface area contributed by atoms with Crippen LogP contribution in [0.5, 0.6) is 0 Å². The minimum absolute atomic E-state index is 0.120. The van der Waals surface area contributed by atoms with Crippen molar-refractivity contribution >= 4 is 11.6 Å². The van der Waals surface area contributed by atoms with Gasteiger partial charge in [0.15, 0.2) is 0 Å². The Morgan fingerprint density at radius 2 is 2.28 bits per heavy atom. The Balaban J connectivity index is 2.90. The highest BCUT2D eigenvalue weighted by atomic mass is 19.1. The summed E-state index contributed by atoms with van der Waals surface area (Å²) < 4.78 is 13.0. The molecule has 0 saturated heterocycles. The van der Waals surface area contributed by atoms with E-state index in [-0.39, 0.29) is 24.6 Å². The number of carbonyl (C=O) groups is 1. The van der Waals surface area contributed by atoms with Gasteiger partial charge in [-0.15, -0.1) is 0 Å². The number of rotatable bonds is 5. The van der Waals surface area contributed by atoms with Crippen LogP contribution in [0.4, 0.5) is 10.1 Å². The lowest BCUT2D eigenvalue weighted by atomic mass is 10.1. The molecule has 0 bridgehead atoms. The summed E-state index contributed by atoms with van der Waals surface area (Å²) in [6.45, 7) is 1.73. The van der Waals surface area contributed by atoms with Crippen molar-refractivity contribution in [1.82, 2.24) is 5.32 Å². The van der Waals surface area contributed by atoms with Gasteiger partial charge in [-0.1, -0.05) is 6.92 Å². The van der Waals surface area contributed by atoms with Gasteiger partial charge in [0.25, 0.3) is 11.6 Å². The second kappa shape index (κ2) is 6.06. The van der Waals surface area contributed by atoms with Gasteiger partial charge in [0, 0.05) is 19.2 Å². The molecule has 2 N–H and O–H groups in total. The lowest BCUT2D eigenvalue weighted by Crippen LogP contribution is -2.30. The van der Waals surface area contributed by atoms with Gasteiger partial charge >= 0.3 is 0 Å². The first-order valence-corrected chi connectivity index (χ1v) is 5.28. The minimum atomic E-state index is -0.746. The second-order valence-electron chi connectivity index (χ2n) is 3.92. The zero-order valence-corrected chi connectivity index (χ0v) is 9.72. The molecule has 0 radical (unpaired) electrons. The second-order valence-corrected chi connectivity index (χ2v) is 3.92. The number of halogens is 1. The van der Waals surface area contributed by atoms with Crippen LogP contribution >= 0.6 is 0 Å². The molecule has 1 atom stereocenters. The molecule has 1 amide bonds. The molecule has 0 aliphatic rings. The Hall–Kier alpha value is -2.02. The van der Waals surface area contributed by atoms with Gasteiger partial charge < -0.3 is 10.4 Å². The highest BCUT2D eigenvalue weighted by molar-refractivity contribution is 5.98. The van der Waals surface area contributed by atoms with E-state index in [0.29, 0.717) is 0 Å². The Morgan fingerprint density at radius 1 is 1.61 bits per heavy atom. The third-order valence-corrected chi connectivity index (χ3v) is 2.32. The normalized spacial score (nSPS) is 11.9. The number of nitro groups is 1. The number of carbonyl (C=O) groups excluding carboxylic acids is 1. The summed E-state index contributed by atoms with van der Waals surface area (Å²) in [5.74, 6) is -1.64. The van der Waals surface area contributed by atoms with Crippen molar-refractivity contribution in [3.8, 4) is 0 Å². The maximum absolute atomic E-state index is 13.0. The molecule has 98 valence electrons.